The van der Waals surface area contributed by atoms with Crippen LogP contribution in [0.25, 0.3) is 86.2 Å². The van der Waals surface area contributed by atoms with Crippen molar-refractivity contribution in [2.75, 3.05) is 4.90 Å². The van der Waals surface area contributed by atoms with Crippen LogP contribution in [-0.2, 0) is 5.41 Å². The molecular formula is C69H51NS. The highest BCUT2D eigenvalue weighted by Gasteiger charge is 2.52. The summed E-state index contributed by atoms with van der Waals surface area (Å²) >= 11 is 1.88. The molecule has 1 spiro atoms. The Morgan fingerprint density at radius 1 is 0.352 bits per heavy atom. The quantitative estimate of drug-likeness (QED) is 0.154. The van der Waals surface area contributed by atoms with Gasteiger partial charge in [0, 0.05) is 31.5 Å². The van der Waals surface area contributed by atoms with E-state index in [1.54, 1.807) is 0 Å². The zero-order chi connectivity index (χ0) is 47.5. The van der Waals surface area contributed by atoms with Crippen molar-refractivity contribution in [3.63, 3.8) is 0 Å². The second kappa shape index (κ2) is 16.0. The number of anilines is 3. The van der Waals surface area contributed by atoms with Crippen LogP contribution in [-0.4, -0.2) is 0 Å². The minimum Gasteiger partial charge on any atom is -0.310 e. The van der Waals surface area contributed by atoms with Gasteiger partial charge in [-0.15, -0.1) is 11.3 Å². The predicted molar refractivity (Wildman–Crippen MR) is 304 cm³/mol. The number of rotatable bonds is 7. The van der Waals surface area contributed by atoms with Gasteiger partial charge in [0.05, 0.1) is 11.1 Å². The van der Waals surface area contributed by atoms with Gasteiger partial charge in [-0.25, -0.2) is 0 Å². The van der Waals surface area contributed by atoms with Gasteiger partial charge >= 0.3 is 0 Å². The molecule has 338 valence electrons. The van der Waals surface area contributed by atoms with Crippen LogP contribution in [0, 0.1) is 0 Å². The van der Waals surface area contributed by atoms with E-state index in [1.165, 1.54) is 125 Å². The summed E-state index contributed by atoms with van der Waals surface area (Å²) in [6, 6.07) is 85.4. The fourth-order valence-corrected chi connectivity index (χ4v) is 13.3. The Hall–Kier alpha value is -8.04. The Morgan fingerprint density at radius 2 is 0.845 bits per heavy atom. The lowest BCUT2D eigenvalue weighted by molar-refractivity contribution is 0.777. The van der Waals surface area contributed by atoms with Crippen LogP contribution in [0.2, 0.25) is 0 Å². The van der Waals surface area contributed by atoms with Gasteiger partial charge in [0.15, 0.2) is 0 Å². The van der Waals surface area contributed by atoms with Crippen LogP contribution < -0.4 is 4.90 Å². The molecule has 0 atom stereocenters. The first-order valence-corrected chi connectivity index (χ1v) is 26.0. The van der Waals surface area contributed by atoms with E-state index in [9.17, 15) is 0 Å². The van der Waals surface area contributed by atoms with Crippen molar-refractivity contribution >= 4 is 70.1 Å². The van der Waals surface area contributed by atoms with E-state index in [0.29, 0.717) is 11.8 Å². The van der Waals surface area contributed by atoms with Crippen LogP contribution in [0.5, 0.6) is 0 Å². The zero-order valence-electron chi connectivity index (χ0n) is 40.4. The van der Waals surface area contributed by atoms with Gasteiger partial charge in [-0.3, -0.25) is 0 Å². The van der Waals surface area contributed by atoms with Crippen molar-refractivity contribution in [1.29, 1.82) is 0 Å². The normalized spacial score (nSPS) is 13.2. The van der Waals surface area contributed by atoms with Gasteiger partial charge in [0.2, 0.25) is 0 Å². The van der Waals surface area contributed by atoms with E-state index in [1.807, 2.05) is 11.3 Å². The summed E-state index contributed by atoms with van der Waals surface area (Å²) in [5.74, 6) is 0.801. The van der Waals surface area contributed by atoms with E-state index in [4.69, 9.17) is 0 Å². The summed E-state index contributed by atoms with van der Waals surface area (Å²) < 4.78 is 2.59. The number of hydrogen-bond acceptors (Lipinski definition) is 2. The molecule has 11 aromatic carbocycles. The number of nitrogens with zero attached hydrogens (tertiary/aromatic N) is 1. The predicted octanol–water partition coefficient (Wildman–Crippen LogP) is 19.8. The molecule has 2 aliphatic rings. The fraction of sp³-hybridized carbons (Fsp3) is 0.101. The van der Waals surface area contributed by atoms with Crippen molar-refractivity contribution in [2.24, 2.45) is 0 Å². The maximum absolute atomic E-state index is 2.55. The first-order chi connectivity index (χ1) is 34.8. The summed E-state index contributed by atoms with van der Waals surface area (Å²) in [5.41, 5.74) is 21.4. The molecule has 0 N–H and O–H groups in total. The van der Waals surface area contributed by atoms with Crippen molar-refractivity contribution in [1.82, 2.24) is 0 Å². The highest BCUT2D eigenvalue weighted by atomic mass is 32.1. The van der Waals surface area contributed by atoms with Crippen LogP contribution in [0.4, 0.5) is 17.1 Å². The summed E-state index contributed by atoms with van der Waals surface area (Å²) in [6.45, 7) is 9.29. The topological polar surface area (TPSA) is 3.24 Å². The minimum atomic E-state index is -0.481. The minimum absolute atomic E-state index is 0.401. The lowest BCUT2D eigenvalue weighted by atomic mass is 9.69. The van der Waals surface area contributed by atoms with E-state index in [2.05, 4.69) is 257 Å². The molecule has 0 amide bonds. The van der Waals surface area contributed by atoms with Crippen molar-refractivity contribution in [2.45, 2.75) is 44.9 Å². The molecule has 0 fully saturated rings. The number of benzene rings is 11. The van der Waals surface area contributed by atoms with Gasteiger partial charge in [0.1, 0.15) is 0 Å². The van der Waals surface area contributed by atoms with Crippen LogP contribution >= 0.6 is 11.3 Å². The maximum atomic E-state index is 2.55. The van der Waals surface area contributed by atoms with E-state index >= 15 is 0 Å². The fourth-order valence-electron chi connectivity index (χ4n) is 12.2. The molecule has 0 saturated heterocycles. The molecule has 1 heterocycles. The van der Waals surface area contributed by atoms with Crippen molar-refractivity contribution in [3.8, 4) is 44.5 Å². The second-order valence-electron chi connectivity index (χ2n) is 20.4. The number of thiophene rings is 1. The van der Waals surface area contributed by atoms with Crippen LogP contribution in [0.1, 0.15) is 72.9 Å². The average molecular weight is 926 g/mol. The van der Waals surface area contributed by atoms with Gasteiger partial charge in [0.25, 0.3) is 0 Å². The van der Waals surface area contributed by atoms with E-state index in [-0.39, 0.29) is 0 Å². The molecule has 0 saturated carbocycles. The smallest absolute Gasteiger partial charge is 0.0726 e. The Morgan fingerprint density at radius 3 is 1.52 bits per heavy atom. The van der Waals surface area contributed by atoms with E-state index < -0.39 is 5.41 Å². The molecule has 71 heavy (non-hydrogen) atoms. The van der Waals surface area contributed by atoms with Gasteiger partial charge in [-0.1, -0.05) is 191 Å². The largest absolute Gasteiger partial charge is 0.310 e. The van der Waals surface area contributed by atoms with Gasteiger partial charge in [-0.05, 0) is 172 Å². The van der Waals surface area contributed by atoms with Gasteiger partial charge in [-0.2, -0.15) is 0 Å². The van der Waals surface area contributed by atoms with E-state index in [0.717, 1.165) is 11.4 Å². The van der Waals surface area contributed by atoms with Crippen molar-refractivity contribution in [3.05, 3.63) is 258 Å². The Labute approximate surface area is 420 Å². The molecule has 12 aromatic rings. The molecule has 2 aliphatic carbocycles. The molecule has 1 aromatic heterocycles. The van der Waals surface area contributed by atoms with Crippen LogP contribution in [0.3, 0.4) is 0 Å². The number of fused-ring (bicyclic) bond motifs is 15. The summed E-state index contributed by atoms with van der Waals surface area (Å²) in [4.78, 5) is 2.53. The molecule has 0 unspecified atom stereocenters. The average Bonchev–Trinajstić information content (AvgIpc) is 4.04. The molecule has 0 bridgehead atoms. The molecule has 0 aliphatic heterocycles. The molecule has 0 radical (unpaired) electrons. The SMILES string of the molecule is CC(C)c1ccc2c(c1)C1(c3ccccc3-c3ccc(N(c4ccc(-c5ccc6cc(-c7ccc8ccccc8c7)ccc6c5)cc4)c4cccc5sc6ccccc6c45)cc31)c1cc(C(C)C)ccc1-2. The standard InChI is InChI=1S/C69H51NS/c1-42(2)46-28-33-57-58-34-29-47(43(3)4)40-63(58)69(62(57)39-46)61-16-9-7-14-56(61)59-35-32-55(41-64(59)69)70(65-17-11-19-67-68(65)60-15-8-10-18-66(60)71-67)54-30-26-45(27-31-54)49-22-23-52-38-53(25-24-51(52)37-49)50-21-20-44-12-5-6-13-48(44)36-50/h5-43H,1-4H3. The first kappa shape index (κ1) is 41.9. The third kappa shape index (κ3) is 6.37. The number of hydrogen-bond donors (Lipinski definition) is 0. The van der Waals surface area contributed by atoms with Gasteiger partial charge < -0.3 is 4.90 Å². The highest BCUT2D eigenvalue weighted by Crippen LogP contribution is 2.64. The van der Waals surface area contributed by atoms with Crippen LogP contribution in [0.15, 0.2) is 224 Å². The third-order valence-corrected chi connectivity index (χ3v) is 16.9. The molecular weight excluding hydrogens is 875 g/mol. The zero-order valence-corrected chi connectivity index (χ0v) is 41.2. The lowest BCUT2D eigenvalue weighted by Crippen LogP contribution is -2.26. The Bertz CT molecular complexity index is 4070. The Balaban J connectivity index is 0.940. The molecule has 1 nitrogen and oxygen atoms in total. The summed E-state index contributed by atoms with van der Waals surface area (Å²) in [6.07, 6.45) is 0. The first-order valence-electron chi connectivity index (χ1n) is 25.2. The monoisotopic (exact) mass is 925 g/mol. The Kier molecular flexibility index (Phi) is 9.44. The molecule has 2 heteroatoms. The lowest BCUT2D eigenvalue weighted by Gasteiger charge is -2.33. The maximum Gasteiger partial charge on any atom is 0.0726 e. The molecule has 14 rings (SSSR count). The third-order valence-electron chi connectivity index (χ3n) is 15.8. The second-order valence-corrected chi connectivity index (χ2v) is 21.5. The summed E-state index contributed by atoms with van der Waals surface area (Å²) in [7, 11) is 0. The summed E-state index contributed by atoms with van der Waals surface area (Å²) in [5, 5.41) is 7.57. The van der Waals surface area contributed by atoms with Crippen molar-refractivity contribution < 1.29 is 0 Å². The highest BCUT2D eigenvalue weighted by molar-refractivity contribution is 7.26.